The molecular formula is C30H27BrClN5O2. The van der Waals surface area contributed by atoms with Crippen molar-refractivity contribution in [3.8, 4) is 0 Å². The third-order valence-corrected chi connectivity index (χ3v) is 7.64. The minimum atomic E-state index is -0.225. The molecule has 1 N–H and O–H groups in total. The highest BCUT2D eigenvalue weighted by atomic mass is 79.9. The number of rotatable bonds is 7. The van der Waals surface area contributed by atoms with E-state index in [4.69, 9.17) is 16.6 Å². The van der Waals surface area contributed by atoms with Gasteiger partial charge in [-0.25, -0.2) is 4.98 Å². The van der Waals surface area contributed by atoms with Crippen LogP contribution in [0.3, 0.4) is 0 Å². The molecule has 0 radical (unpaired) electrons. The van der Waals surface area contributed by atoms with Gasteiger partial charge in [-0.1, -0.05) is 59.6 Å². The number of nitrogens with one attached hydrogen (secondary N) is 1. The van der Waals surface area contributed by atoms with Crippen LogP contribution in [0.2, 0.25) is 5.02 Å². The van der Waals surface area contributed by atoms with Gasteiger partial charge < -0.3 is 9.88 Å². The van der Waals surface area contributed by atoms with Crippen LogP contribution in [0.25, 0.3) is 21.8 Å². The summed E-state index contributed by atoms with van der Waals surface area (Å²) in [6, 6.07) is 20.3. The van der Waals surface area contributed by atoms with Crippen LogP contribution in [0, 0.1) is 6.92 Å². The maximum absolute atomic E-state index is 13.6. The summed E-state index contributed by atoms with van der Waals surface area (Å²) < 4.78 is 4.16. The van der Waals surface area contributed by atoms with Gasteiger partial charge in [0.15, 0.2) is 0 Å². The lowest BCUT2D eigenvalue weighted by molar-refractivity contribution is -0.116. The third kappa shape index (κ3) is 5.40. The molecule has 0 aliphatic carbocycles. The second-order valence-electron chi connectivity index (χ2n) is 9.46. The first-order valence-corrected chi connectivity index (χ1v) is 13.8. The van der Waals surface area contributed by atoms with Crippen molar-refractivity contribution < 1.29 is 4.79 Å². The average Bonchev–Trinajstić information content (AvgIpc) is 3.19. The first-order chi connectivity index (χ1) is 18.8. The summed E-state index contributed by atoms with van der Waals surface area (Å²) in [6.45, 7) is 6.16. The smallest absolute Gasteiger partial charge is 0.282 e. The van der Waals surface area contributed by atoms with Gasteiger partial charge in [0, 0.05) is 43.3 Å². The van der Waals surface area contributed by atoms with Gasteiger partial charge in [-0.2, -0.15) is 9.78 Å². The summed E-state index contributed by atoms with van der Waals surface area (Å²) in [7, 11) is 0. The molecule has 0 aliphatic rings. The Hall–Kier alpha value is -3.75. The molecule has 0 unspecified atom stereocenters. The van der Waals surface area contributed by atoms with Gasteiger partial charge >= 0.3 is 0 Å². The normalized spacial score (nSPS) is 12.4. The molecule has 0 spiro atoms. The minimum absolute atomic E-state index is 0.0295. The molecule has 1 atom stereocenters. The van der Waals surface area contributed by atoms with Crippen LogP contribution in [0.1, 0.15) is 43.3 Å². The molecule has 7 nitrogen and oxygen atoms in total. The Kier molecular flexibility index (Phi) is 7.68. The van der Waals surface area contributed by atoms with E-state index in [0.717, 1.165) is 33.1 Å². The lowest BCUT2D eigenvalue weighted by atomic mass is 10.1. The number of benzene rings is 3. The molecule has 39 heavy (non-hydrogen) atoms. The molecule has 0 saturated heterocycles. The highest BCUT2D eigenvalue weighted by Gasteiger charge is 2.18. The van der Waals surface area contributed by atoms with Gasteiger partial charge in [0.25, 0.3) is 5.56 Å². The monoisotopic (exact) mass is 603 g/mol. The Morgan fingerprint density at radius 3 is 2.62 bits per heavy atom. The first kappa shape index (κ1) is 26.8. The fraction of sp³-hybridized carbons (Fsp3) is 0.200. The molecule has 0 bridgehead atoms. The van der Waals surface area contributed by atoms with E-state index in [0.29, 0.717) is 27.4 Å². The maximum atomic E-state index is 13.6. The van der Waals surface area contributed by atoms with Crippen LogP contribution < -0.4 is 10.9 Å². The second-order valence-corrected chi connectivity index (χ2v) is 10.8. The summed E-state index contributed by atoms with van der Waals surface area (Å²) in [5.74, 6) is 0.475. The number of nitrogens with zero attached hydrogens (tertiary/aromatic N) is 4. The number of hydrogen-bond donors (Lipinski definition) is 1. The highest BCUT2D eigenvalue weighted by molar-refractivity contribution is 9.10. The number of halogens is 2. The largest absolute Gasteiger partial charge is 0.335 e. The Labute approximate surface area is 239 Å². The molecular weight excluding hydrogens is 578 g/mol. The van der Waals surface area contributed by atoms with Gasteiger partial charge in [-0.3, -0.25) is 9.59 Å². The van der Waals surface area contributed by atoms with Crippen LogP contribution in [0.15, 0.2) is 81.1 Å². The van der Waals surface area contributed by atoms with E-state index >= 15 is 0 Å². The third-order valence-electron chi connectivity index (χ3n) is 6.90. The maximum Gasteiger partial charge on any atom is 0.282 e. The SMILES string of the molecule is CC[C@H](C)c1nc2ccc(Br)cc2c(=O)n1N=Cc1c(C)n(CC(=O)Nc2ccc(Cl)cc2)c2ccccc12. The van der Waals surface area contributed by atoms with Crippen LogP contribution in [-0.2, 0) is 11.3 Å². The topological polar surface area (TPSA) is 81.3 Å². The first-order valence-electron chi connectivity index (χ1n) is 12.7. The zero-order valence-electron chi connectivity index (χ0n) is 21.8. The molecule has 2 heterocycles. The van der Waals surface area contributed by atoms with Gasteiger partial charge in [0.1, 0.15) is 12.4 Å². The fourth-order valence-electron chi connectivity index (χ4n) is 4.60. The van der Waals surface area contributed by atoms with Crippen molar-refractivity contribution in [1.82, 2.24) is 14.2 Å². The molecule has 2 aromatic heterocycles. The Morgan fingerprint density at radius 1 is 1.13 bits per heavy atom. The van der Waals surface area contributed by atoms with Crippen molar-refractivity contribution in [1.29, 1.82) is 0 Å². The Bertz CT molecular complexity index is 1790. The van der Waals surface area contributed by atoms with Crippen LogP contribution in [0.5, 0.6) is 0 Å². The number of aromatic nitrogens is 3. The van der Waals surface area contributed by atoms with E-state index in [1.807, 2.05) is 54.8 Å². The van der Waals surface area contributed by atoms with Gasteiger partial charge in [-0.15, -0.1) is 0 Å². The number of amides is 1. The Morgan fingerprint density at radius 2 is 1.87 bits per heavy atom. The summed E-state index contributed by atoms with van der Waals surface area (Å²) >= 11 is 9.42. The minimum Gasteiger partial charge on any atom is -0.335 e. The Balaban J connectivity index is 1.56. The van der Waals surface area contributed by atoms with E-state index in [1.165, 1.54) is 4.68 Å². The van der Waals surface area contributed by atoms with Crippen molar-refractivity contribution in [2.75, 3.05) is 5.32 Å². The number of fused-ring (bicyclic) bond motifs is 2. The van der Waals surface area contributed by atoms with Gasteiger partial charge in [0.2, 0.25) is 5.91 Å². The summed E-state index contributed by atoms with van der Waals surface area (Å²) in [6.07, 6.45) is 2.51. The van der Waals surface area contributed by atoms with Crippen LogP contribution >= 0.6 is 27.5 Å². The molecule has 0 aliphatic heterocycles. The summed E-state index contributed by atoms with van der Waals surface area (Å²) in [5.41, 5.74) is 3.69. The average molecular weight is 605 g/mol. The quantitative estimate of drug-likeness (QED) is 0.201. The van der Waals surface area contributed by atoms with Crippen molar-refractivity contribution in [2.45, 2.75) is 39.7 Å². The van der Waals surface area contributed by atoms with Gasteiger partial charge in [-0.05, 0) is 61.9 Å². The van der Waals surface area contributed by atoms with E-state index in [2.05, 4.69) is 33.3 Å². The van der Waals surface area contributed by atoms with Gasteiger partial charge in [0.05, 0.1) is 17.1 Å². The van der Waals surface area contributed by atoms with E-state index < -0.39 is 0 Å². The molecule has 0 fully saturated rings. The molecule has 5 aromatic rings. The van der Waals surface area contributed by atoms with Crippen molar-refractivity contribution in [2.24, 2.45) is 5.10 Å². The number of anilines is 1. The lowest BCUT2D eigenvalue weighted by Crippen LogP contribution is -2.23. The van der Waals surface area contributed by atoms with Crippen LogP contribution in [0.4, 0.5) is 5.69 Å². The zero-order chi connectivity index (χ0) is 27.7. The van der Waals surface area contributed by atoms with Crippen molar-refractivity contribution >= 4 is 67.1 Å². The van der Waals surface area contributed by atoms with E-state index in [9.17, 15) is 9.59 Å². The van der Waals surface area contributed by atoms with Crippen molar-refractivity contribution in [3.63, 3.8) is 0 Å². The number of carbonyl (C=O) groups excluding carboxylic acids is 1. The predicted octanol–water partition coefficient (Wildman–Crippen LogP) is 7.11. The van der Waals surface area contributed by atoms with Crippen LogP contribution in [-0.4, -0.2) is 26.3 Å². The number of para-hydroxylation sites is 1. The molecule has 198 valence electrons. The van der Waals surface area contributed by atoms with E-state index in [-0.39, 0.29) is 23.9 Å². The predicted molar refractivity (Wildman–Crippen MR) is 162 cm³/mol. The second kappa shape index (κ2) is 11.2. The number of carbonyl (C=O) groups is 1. The molecule has 0 saturated carbocycles. The zero-order valence-corrected chi connectivity index (χ0v) is 24.1. The molecule has 5 rings (SSSR count). The van der Waals surface area contributed by atoms with Crippen molar-refractivity contribution in [3.05, 3.63) is 104 Å². The summed E-state index contributed by atoms with van der Waals surface area (Å²) in [4.78, 5) is 31.3. The lowest BCUT2D eigenvalue weighted by Gasteiger charge is -2.14. The fourth-order valence-corrected chi connectivity index (χ4v) is 5.08. The van der Waals surface area contributed by atoms with E-state index in [1.54, 1.807) is 36.5 Å². The number of hydrogen-bond acceptors (Lipinski definition) is 4. The standard InChI is InChI=1S/C30H27BrClN5O2/c1-4-18(2)29-35-26-14-9-20(31)15-24(26)30(39)37(29)33-16-25-19(3)36(27-8-6-5-7-23(25)27)17-28(38)34-22-12-10-21(32)11-13-22/h5-16,18H,4,17H2,1-3H3,(H,34,38)/t18-/m0/s1. The molecule has 3 aromatic carbocycles. The molecule has 1 amide bonds. The molecule has 9 heteroatoms. The summed E-state index contributed by atoms with van der Waals surface area (Å²) in [5, 5.41) is 9.64. The highest BCUT2D eigenvalue weighted by Crippen LogP contribution is 2.26.